The van der Waals surface area contributed by atoms with Gasteiger partial charge < -0.3 is 9.64 Å². The highest BCUT2D eigenvalue weighted by atomic mass is 32.2. The molecule has 2 rings (SSSR count). The van der Waals surface area contributed by atoms with Crippen LogP contribution in [0.5, 0.6) is 0 Å². The molecule has 2 heterocycles. The van der Waals surface area contributed by atoms with Crippen molar-refractivity contribution in [2.75, 3.05) is 7.05 Å². The van der Waals surface area contributed by atoms with Crippen LogP contribution in [0.4, 0.5) is 4.79 Å². The van der Waals surface area contributed by atoms with Gasteiger partial charge in [0.05, 0.1) is 5.25 Å². The van der Waals surface area contributed by atoms with Crippen LogP contribution >= 0.6 is 0 Å². The van der Waals surface area contributed by atoms with Crippen molar-refractivity contribution in [1.29, 1.82) is 0 Å². The van der Waals surface area contributed by atoms with Crippen molar-refractivity contribution in [3.8, 4) is 0 Å². The van der Waals surface area contributed by atoms with Crippen molar-refractivity contribution in [2.24, 2.45) is 0 Å². The molecule has 0 aromatic carbocycles. The van der Waals surface area contributed by atoms with Crippen LogP contribution in [0.25, 0.3) is 0 Å². The van der Waals surface area contributed by atoms with Crippen LogP contribution < -0.4 is 4.72 Å². The van der Waals surface area contributed by atoms with Crippen LogP contribution in [-0.4, -0.2) is 49.4 Å². The van der Waals surface area contributed by atoms with Gasteiger partial charge in [-0.2, -0.15) is 0 Å². The molecule has 2 saturated heterocycles. The molecule has 116 valence electrons. The van der Waals surface area contributed by atoms with E-state index in [1.165, 1.54) is 7.05 Å². The minimum atomic E-state index is -3.26. The Balaban J connectivity index is 2.10. The predicted molar refractivity (Wildman–Crippen MR) is 75.9 cm³/mol. The van der Waals surface area contributed by atoms with Crippen molar-refractivity contribution < 1.29 is 17.9 Å². The zero-order valence-corrected chi connectivity index (χ0v) is 13.4. The number of nitrogens with one attached hydrogen (secondary N) is 1. The number of fused-ring (bicyclic) bond motifs is 2. The summed E-state index contributed by atoms with van der Waals surface area (Å²) in [6.45, 7) is 5.51. The Morgan fingerprint density at radius 1 is 1.20 bits per heavy atom. The molecule has 2 bridgehead atoms. The number of amides is 1. The quantitative estimate of drug-likeness (QED) is 0.838. The lowest BCUT2D eigenvalue weighted by atomic mass is 10.0. The Morgan fingerprint density at radius 3 is 2.10 bits per heavy atom. The highest BCUT2D eigenvalue weighted by Crippen LogP contribution is 2.38. The summed E-state index contributed by atoms with van der Waals surface area (Å²) in [7, 11) is -1.82. The third-order valence-electron chi connectivity index (χ3n) is 4.02. The van der Waals surface area contributed by atoms with Crippen molar-refractivity contribution in [3.05, 3.63) is 0 Å². The van der Waals surface area contributed by atoms with E-state index in [1.54, 1.807) is 4.90 Å². The number of carbonyl (C=O) groups is 1. The summed E-state index contributed by atoms with van der Waals surface area (Å²) in [5, 5.41) is -0.399. The zero-order valence-electron chi connectivity index (χ0n) is 12.5. The lowest BCUT2D eigenvalue weighted by Gasteiger charge is -2.39. The molecule has 6 nitrogen and oxygen atoms in total. The largest absolute Gasteiger partial charge is 0.444 e. The highest BCUT2D eigenvalue weighted by molar-refractivity contribution is 7.90. The molecular weight excluding hydrogens is 280 g/mol. The molecule has 20 heavy (non-hydrogen) atoms. The number of hydrogen-bond donors (Lipinski definition) is 1. The first kappa shape index (κ1) is 15.6. The first-order valence-electron chi connectivity index (χ1n) is 7.08. The van der Waals surface area contributed by atoms with Gasteiger partial charge in [-0.1, -0.05) is 0 Å². The molecule has 0 radical (unpaired) electrons. The summed E-state index contributed by atoms with van der Waals surface area (Å²) in [6.07, 6.45) is 2.40. The van der Waals surface area contributed by atoms with E-state index in [0.29, 0.717) is 12.8 Å². The van der Waals surface area contributed by atoms with Gasteiger partial charge in [-0.05, 0) is 53.5 Å². The second-order valence-corrected chi connectivity index (χ2v) is 8.78. The Morgan fingerprint density at radius 2 is 1.70 bits per heavy atom. The molecule has 3 atom stereocenters. The SMILES string of the molecule is CNS(=O)(=O)[C@@H]1C[C@H]2CC[C@@H](C1)N2C(=O)OC(C)(C)C. The van der Waals surface area contributed by atoms with Crippen LogP contribution in [0.2, 0.25) is 0 Å². The summed E-state index contributed by atoms with van der Waals surface area (Å²) in [5.41, 5.74) is -0.523. The maximum absolute atomic E-state index is 12.2. The average molecular weight is 304 g/mol. The summed E-state index contributed by atoms with van der Waals surface area (Å²) >= 11 is 0. The molecule has 0 spiro atoms. The van der Waals surface area contributed by atoms with Gasteiger partial charge in [0, 0.05) is 12.1 Å². The smallest absolute Gasteiger partial charge is 0.410 e. The highest BCUT2D eigenvalue weighted by Gasteiger charge is 2.47. The van der Waals surface area contributed by atoms with E-state index in [-0.39, 0.29) is 18.2 Å². The van der Waals surface area contributed by atoms with Gasteiger partial charge in [0.1, 0.15) is 5.60 Å². The molecule has 0 aromatic rings. The summed E-state index contributed by atoms with van der Waals surface area (Å²) < 4.78 is 31.7. The first-order chi connectivity index (χ1) is 9.14. The second-order valence-electron chi connectivity index (χ2n) is 6.62. The molecule has 2 aliphatic rings. The first-order valence-corrected chi connectivity index (χ1v) is 8.62. The topological polar surface area (TPSA) is 75.7 Å². The molecule has 0 aromatic heterocycles. The van der Waals surface area contributed by atoms with E-state index in [9.17, 15) is 13.2 Å². The van der Waals surface area contributed by atoms with Crippen molar-refractivity contribution in [3.63, 3.8) is 0 Å². The third-order valence-corrected chi connectivity index (χ3v) is 5.85. The fourth-order valence-electron chi connectivity index (χ4n) is 3.16. The maximum Gasteiger partial charge on any atom is 0.410 e. The molecule has 0 saturated carbocycles. The lowest BCUT2D eigenvalue weighted by molar-refractivity contribution is 0.00811. The van der Waals surface area contributed by atoms with E-state index in [2.05, 4.69) is 4.72 Å². The van der Waals surface area contributed by atoms with Crippen LogP contribution in [-0.2, 0) is 14.8 Å². The molecule has 0 aliphatic carbocycles. The van der Waals surface area contributed by atoms with E-state index >= 15 is 0 Å². The number of hydrogen-bond acceptors (Lipinski definition) is 4. The molecule has 1 amide bonds. The van der Waals surface area contributed by atoms with Gasteiger partial charge in [-0.15, -0.1) is 0 Å². The van der Waals surface area contributed by atoms with E-state index in [4.69, 9.17) is 4.74 Å². The van der Waals surface area contributed by atoms with Crippen LogP contribution in [0, 0.1) is 0 Å². The third kappa shape index (κ3) is 3.09. The number of rotatable bonds is 2. The Hall–Kier alpha value is -0.820. The number of sulfonamides is 1. The van der Waals surface area contributed by atoms with Crippen molar-refractivity contribution in [2.45, 2.75) is 69.4 Å². The molecule has 7 heteroatoms. The monoisotopic (exact) mass is 304 g/mol. The Labute approximate surface area is 120 Å². The fourth-order valence-corrected chi connectivity index (χ4v) is 4.44. The molecule has 0 unspecified atom stereocenters. The van der Waals surface area contributed by atoms with Crippen LogP contribution in [0.3, 0.4) is 0 Å². The zero-order chi connectivity index (χ0) is 15.1. The molecule has 1 N–H and O–H groups in total. The summed E-state index contributed by atoms with van der Waals surface area (Å²) in [4.78, 5) is 14.0. The van der Waals surface area contributed by atoms with Gasteiger partial charge in [0.15, 0.2) is 0 Å². The van der Waals surface area contributed by atoms with Crippen molar-refractivity contribution >= 4 is 16.1 Å². The fraction of sp³-hybridized carbons (Fsp3) is 0.923. The Bertz CT molecular complexity index is 469. The Kier molecular flexibility index (Phi) is 4.03. The van der Waals surface area contributed by atoms with Gasteiger partial charge >= 0.3 is 6.09 Å². The van der Waals surface area contributed by atoms with Crippen LogP contribution in [0.1, 0.15) is 46.5 Å². The number of piperidine rings is 1. The standard InChI is InChI=1S/C13H24N2O4S/c1-13(2,3)19-12(16)15-9-5-6-10(15)8-11(7-9)20(17,18)14-4/h9-11,14H,5-8H2,1-4H3/t9-,10+,11-. The molecular formula is C13H24N2O4S. The predicted octanol–water partition coefficient (Wildman–Crippen LogP) is 1.47. The maximum atomic E-state index is 12.2. The number of nitrogens with zero attached hydrogens (tertiary/aromatic N) is 1. The van der Waals surface area contributed by atoms with Gasteiger partial charge in [-0.25, -0.2) is 17.9 Å². The summed E-state index contributed by atoms with van der Waals surface area (Å²) in [5.74, 6) is 0. The van der Waals surface area contributed by atoms with Gasteiger partial charge in [-0.3, -0.25) is 0 Å². The van der Waals surface area contributed by atoms with Gasteiger partial charge in [0.25, 0.3) is 0 Å². The second kappa shape index (κ2) is 5.18. The minimum Gasteiger partial charge on any atom is -0.444 e. The van der Waals surface area contributed by atoms with E-state index in [1.807, 2.05) is 20.8 Å². The lowest BCUT2D eigenvalue weighted by Crippen LogP contribution is -2.52. The minimum absolute atomic E-state index is 0.0169. The number of carbonyl (C=O) groups excluding carboxylic acids is 1. The summed E-state index contributed by atoms with van der Waals surface area (Å²) in [6, 6.07) is -0.0338. The average Bonchev–Trinajstić information content (AvgIpc) is 2.58. The normalized spacial score (nSPS) is 30.4. The van der Waals surface area contributed by atoms with Crippen LogP contribution in [0.15, 0.2) is 0 Å². The van der Waals surface area contributed by atoms with Gasteiger partial charge in [0.2, 0.25) is 10.0 Å². The molecule has 2 fully saturated rings. The number of ether oxygens (including phenoxy) is 1. The van der Waals surface area contributed by atoms with E-state index in [0.717, 1.165) is 12.8 Å². The molecule has 2 aliphatic heterocycles. The van der Waals surface area contributed by atoms with Crippen molar-refractivity contribution in [1.82, 2.24) is 9.62 Å². The van der Waals surface area contributed by atoms with E-state index < -0.39 is 20.9 Å².